The first-order valence-corrected chi connectivity index (χ1v) is 4.91. The zero-order valence-electron chi connectivity index (χ0n) is 5.66. The van der Waals surface area contributed by atoms with Crippen molar-refractivity contribution in [2.75, 3.05) is 6.16 Å². The molecule has 0 aliphatic carbocycles. The molecule has 0 aromatic rings. The van der Waals surface area contributed by atoms with Gasteiger partial charge in [0.2, 0.25) is 5.82 Å². The minimum absolute atomic E-state index is 0.503. The molecule has 0 aromatic carbocycles. The molecule has 0 aromatic heterocycles. The van der Waals surface area contributed by atoms with Crippen molar-refractivity contribution in [3.8, 4) is 0 Å². The molecule has 1 atom stereocenters. The Hall–Kier alpha value is 0.975. The maximum atomic E-state index is 3.29. The van der Waals surface area contributed by atoms with Crippen LogP contribution in [0.3, 0.4) is 0 Å². The van der Waals surface area contributed by atoms with Crippen LogP contribution in [-0.4, -0.2) is 12.0 Å². The van der Waals surface area contributed by atoms with E-state index in [-0.39, 0.29) is 0 Å². The lowest BCUT2D eigenvalue weighted by Gasteiger charge is -2.16. The predicted molar refractivity (Wildman–Crippen MR) is 47.3 cm³/mol. The van der Waals surface area contributed by atoms with Gasteiger partial charge in [-0.25, -0.2) is 0 Å². The second kappa shape index (κ2) is 3.90. The van der Waals surface area contributed by atoms with E-state index in [0.717, 1.165) is 8.46 Å². The fraction of sp³-hybridized carbons (Fsp3) is 1.00. The summed E-state index contributed by atoms with van der Waals surface area (Å²) in [7, 11) is 0.958. The Morgan fingerprint density at radius 3 is 2.12 bits per heavy atom. The summed E-state index contributed by atoms with van der Waals surface area (Å²) in [5.74, 6) is 2.07. The third kappa shape index (κ3) is 6.97. The molecular formula is C5H12BBrP. The van der Waals surface area contributed by atoms with Gasteiger partial charge in [-0.05, 0) is 11.6 Å². The lowest BCUT2D eigenvalue weighted by molar-refractivity contribution is 0.480. The minimum atomic E-state index is 0.503. The van der Waals surface area contributed by atoms with Crippen LogP contribution in [0.5, 0.6) is 0 Å². The lowest BCUT2D eigenvalue weighted by atomic mass is 10.0. The predicted octanol–water partition coefficient (Wildman–Crippen LogP) is 2.64. The molecule has 0 aliphatic heterocycles. The Bertz CT molecular complexity index is 59.9. The Kier molecular flexibility index (Phi) is 4.37. The van der Waals surface area contributed by atoms with E-state index in [9.17, 15) is 0 Å². The quantitative estimate of drug-likeness (QED) is 0.468. The van der Waals surface area contributed by atoms with Gasteiger partial charge in [-0.2, -0.15) is 15.8 Å². The normalized spacial score (nSPS) is 13.0. The van der Waals surface area contributed by atoms with Gasteiger partial charge in [-0.1, -0.05) is 20.8 Å². The van der Waals surface area contributed by atoms with E-state index in [2.05, 4.69) is 42.4 Å². The Balaban J connectivity index is 3.11. The molecule has 0 fully saturated rings. The van der Waals surface area contributed by atoms with Gasteiger partial charge in [0.25, 0.3) is 0 Å². The smallest absolute Gasteiger partial charge is 0.158 e. The van der Waals surface area contributed by atoms with Gasteiger partial charge in [0.15, 0.2) is 0 Å². The van der Waals surface area contributed by atoms with Gasteiger partial charge in [0, 0.05) is 0 Å². The van der Waals surface area contributed by atoms with Crippen LogP contribution < -0.4 is 0 Å². The van der Waals surface area contributed by atoms with Crippen LogP contribution in [-0.2, 0) is 0 Å². The first kappa shape index (κ1) is 8.97. The molecule has 1 unspecified atom stereocenters. The van der Waals surface area contributed by atoms with Crippen molar-refractivity contribution in [2.45, 2.75) is 20.8 Å². The van der Waals surface area contributed by atoms with E-state index >= 15 is 0 Å². The summed E-state index contributed by atoms with van der Waals surface area (Å²) in [6.45, 7) is 6.78. The monoisotopic (exact) mass is 193 g/mol. The molecule has 8 heavy (non-hydrogen) atoms. The van der Waals surface area contributed by atoms with E-state index in [1.54, 1.807) is 0 Å². The highest BCUT2D eigenvalue weighted by Crippen LogP contribution is 2.24. The second-order valence-corrected chi connectivity index (χ2v) is 5.40. The molecule has 0 rings (SSSR count). The van der Waals surface area contributed by atoms with Crippen molar-refractivity contribution < 1.29 is 0 Å². The van der Waals surface area contributed by atoms with Crippen molar-refractivity contribution in [3.63, 3.8) is 0 Å². The fourth-order valence-corrected chi connectivity index (χ4v) is 1.52. The fourth-order valence-electron chi connectivity index (χ4n) is 0.345. The van der Waals surface area contributed by atoms with E-state index in [1.165, 1.54) is 6.16 Å². The molecular weight excluding hydrogens is 182 g/mol. The van der Waals surface area contributed by atoms with Crippen molar-refractivity contribution in [1.29, 1.82) is 0 Å². The highest BCUT2D eigenvalue weighted by Gasteiger charge is 2.07. The zero-order valence-corrected chi connectivity index (χ0v) is 8.25. The van der Waals surface area contributed by atoms with Crippen LogP contribution in [0.4, 0.5) is 0 Å². The van der Waals surface area contributed by atoms with Crippen LogP contribution >= 0.6 is 24.2 Å². The molecule has 3 heteroatoms. The molecule has 0 bridgehead atoms. The topological polar surface area (TPSA) is 0 Å². The summed E-state index contributed by atoms with van der Waals surface area (Å²) in [6, 6.07) is 0. The Morgan fingerprint density at radius 1 is 1.50 bits per heavy atom. The summed E-state index contributed by atoms with van der Waals surface area (Å²) in [5, 5.41) is 0. The largest absolute Gasteiger partial charge is 0.235 e. The van der Waals surface area contributed by atoms with E-state index < -0.39 is 0 Å². The highest BCUT2D eigenvalue weighted by atomic mass is 79.9. The Labute approximate surface area is 62.8 Å². The minimum Gasteiger partial charge on any atom is -0.158 e. The molecule has 0 spiro atoms. The molecule has 0 nitrogen and oxygen atoms in total. The van der Waals surface area contributed by atoms with Crippen LogP contribution in [0.25, 0.3) is 0 Å². The van der Waals surface area contributed by atoms with Crippen LogP contribution in [0.1, 0.15) is 20.8 Å². The van der Waals surface area contributed by atoms with Crippen molar-refractivity contribution in [2.24, 2.45) is 5.41 Å². The van der Waals surface area contributed by atoms with Gasteiger partial charge in [0.05, 0.1) is 0 Å². The molecule has 0 saturated carbocycles. The van der Waals surface area contributed by atoms with Crippen molar-refractivity contribution in [1.82, 2.24) is 0 Å². The number of hydrogen-bond acceptors (Lipinski definition) is 0. The van der Waals surface area contributed by atoms with Gasteiger partial charge in [0.1, 0.15) is 0 Å². The number of rotatable bonds is 2. The van der Waals surface area contributed by atoms with Gasteiger partial charge >= 0.3 is 0 Å². The molecule has 0 heterocycles. The third-order valence-electron chi connectivity index (χ3n) is 0.710. The maximum Gasteiger partial charge on any atom is 0.235 e. The molecule has 0 N–H and O–H groups in total. The van der Waals surface area contributed by atoms with Crippen molar-refractivity contribution >= 4 is 30.0 Å². The average Bonchev–Trinajstić information content (AvgIpc) is 1.59. The first-order valence-electron chi connectivity index (χ1n) is 2.71. The van der Waals surface area contributed by atoms with Crippen LogP contribution in [0.15, 0.2) is 0 Å². The SMILES string of the molecule is CC(C)(C)CP[B]Br. The standard InChI is InChI=1S/C5H12BBrP/c1-5(2,3)4-8-6-7/h8H,4H2,1-3H3. The molecule has 0 saturated heterocycles. The lowest BCUT2D eigenvalue weighted by Crippen LogP contribution is -2.07. The molecule has 0 amide bonds. The number of hydrogen-bond donors (Lipinski definition) is 0. The molecule has 47 valence electrons. The zero-order chi connectivity index (χ0) is 6.62. The third-order valence-corrected chi connectivity index (χ3v) is 3.10. The van der Waals surface area contributed by atoms with Gasteiger partial charge < -0.3 is 0 Å². The molecule has 0 aliphatic rings. The first-order chi connectivity index (χ1) is 3.56. The van der Waals surface area contributed by atoms with E-state index in [0.29, 0.717) is 5.41 Å². The van der Waals surface area contributed by atoms with Crippen LogP contribution in [0.2, 0.25) is 0 Å². The summed E-state index contributed by atoms with van der Waals surface area (Å²) in [4.78, 5) is 0. The summed E-state index contributed by atoms with van der Waals surface area (Å²) in [6.07, 6.45) is 1.29. The van der Waals surface area contributed by atoms with E-state index in [1.807, 2.05) is 0 Å². The average molecular weight is 194 g/mol. The van der Waals surface area contributed by atoms with Gasteiger partial charge in [-0.15, -0.1) is 8.46 Å². The Morgan fingerprint density at radius 2 is 2.00 bits per heavy atom. The van der Waals surface area contributed by atoms with Gasteiger partial charge in [-0.3, -0.25) is 0 Å². The van der Waals surface area contributed by atoms with Crippen molar-refractivity contribution in [3.05, 3.63) is 0 Å². The summed E-state index contributed by atoms with van der Waals surface area (Å²) in [5.41, 5.74) is 0.503. The second-order valence-electron chi connectivity index (χ2n) is 3.05. The highest BCUT2D eigenvalue weighted by molar-refractivity contribution is 9.26. The number of halogens is 1. The van der Waals surface area contributed by atoms with E-state index in [4.69, 9.17) is 0 Å². The summed E-state index contributed by atoms with van der Waals surface area (Å²) >= 11 is 3.29. The molecule has 1 radical (unpaired) electrons. The maximum absolute atomic E-state index is 3.29. The van der Waals surface area contributed by atoms with Crippen LogP contribution in [0, 0.1) is 5.41 Å². The summed E-state index contributed by atoms with van der Waals surface area (Å²) < 4.78 is 0.